The summed E-state index contributed by atoms with van der Waals surface area (Å²) in [4.78, 5) is 16.5. The number of piperazine rings is 1. The zero-order valence-corrected chi connectivity index (χ0v) is 16.0. The molecule has 1 aromatic rings. The number of carbonyl (C=O) groups excluding carboxylic acids is 1. The SMILES string of the molecule is COc1ccc(CCCN2CCN(C(=O)NCCC(C)C)CC2)cc1. The highest BCUT2D eigenvalue weighted by molar-refractivity contribution is 5.74. The van der Waals surface area contributed by atoms with Gasteiger partial charge in [0.1, 0.15) is 5.75 Å². The van der Waals surface area contributed by atoms with E-state index in [9.17, 15) is 4.79 Å². The number of carbonyl (C=O) groups is 1. The maximum atomic E-state index is 12.1. The van der Waals surface area contributed by atoms with Crippen LogP contribution in [0.4, 0.5) is 4.79 Å². The largest absolute Gasteiger partial charge is 0.497 e. The van der Waals surface area contributed by atoms with E-state index in [0.717, 1.165) is 64.3 Å². The summed E-state index contributed by atoms with van der Waals surface area (Å²) in [6.45, 7) is 9.83. The molecule has 0 radical (unpaired) electrons. The number of nitrogens with one attached hydrogen (secondary N) is 1. The monoisotopic (exact) mass is 347 g/mol. The fourth-order valence-electron chi connectivity index (χ4n) is 3.05. The molecule has 1 saturated heterocycles. The second kappa shape index (κ2) is 10.3. The summed E-state index contributed by atoms with van der Waals surface area (Å²) in [6, 6.07) is 8.41. The van der Waals surface area contributed by atoms with Gasteiger partial charge in [-0.15, -0.1) is 0 Å². The zero-order chi connectivity index (χ0) is 18.1. The zero-order valence-electron chi connectivity index (χ0n) is 16.0. The highest BCUT2D eigenvalue weighted by Gasteiger charge is 2.20. The maximum Gasteiger partial charge on any atom is 0.317 e. The summed E-state index contributed by atoms with van der Waals surface area (Å²) < 4.78 is 5.19. The second-order valence-electron chi connectivity index (χ2n) is 7.19. The van der Waals surface area contributed by atoms with Crippen LogP contribution in [0.25, 0.3) is 0 Å². The number of benzene rings is 1. The molecule has 2 amide bonds. The Kier molecular flexibility index (Phi) is 8.06. The van der Waals surface area contributed by atoms with Crippen LogP contribution < -0.4 is 10.1 Å². The molecule has 2 rings (SSSR count). The van der Waals surface area contributed by atoms with Crippen molar-refractivity contribution in [3.05, 3.63) is 29.8 Å². The van der Waals surface area contributed by atoms with E-state index in [2.05, 4.69) is 36.2 Å². The molecule has 1 N–H and O–H groups in total. The molecule has 1 fully saturated rings. The number of methoxy groups -OCH3 is 1. The molecule has 1 aromatic carbocycles. The Balaban J connectivity index is 1.60. The van der Waals surface area contributed by atoms with E-state index < -0.39 is 0 Å². The second-order valence-corrected chi connectivity index (χ2v) is 7.19. The highest BCUT2D eigenvalue weighted by atomic mass is 16.5. The molecular weight excluding hydrogens is 314 g/mol. The number of hydrogen-bond donors (Lipinski definition) is 1. The number of ether oxygens (including phenoxy) is 1. The Morgan fingerprint density at radius 2 is 1.84 bits per heavy atom. The number of amides is 2. The van der Waals surface area contributed by atoms with Gasteiger partial charge in [0.2, 0.25) is 0 Å². The Bertz CT molecular complexity index is 508. The Labute approximate surface area is 152 Å². The first-order valence-electron chi connectivity index (χ1n) is 9.46. The molecule has 0 spiro atoms. The molecule has 0 bridgehead atoms. The third kappa shape index (κ3) is 6.94. The van der Waals surface area contributed by atoms with Crippen molar-refractivity contribution in [1.29, 1.82) is 0 Å². The predicted molar refractivity (Wildman–Crippen MR) is 102 cm³/mol. The third-order valence-corrected chi connectivity index (χ3v) is 4.76. The van der Waals surface area contributed by atoms with Crippen LogP contribution in [0.2, 0.25) is 0 Å². The lowest BCUT2D eigenvalue weighted by atomic mass is 10.1. The van der Waals surface area contributed by atoms with Crippen molar-refractivity contribution in [3.63, 3.8) is 0 Å². The van der Waals surface area contributed by atoms with Gasteiger partial charge in [0.05, 0.1) is 7.11 Å². The summed E-state index contributed by atoms with van der Waals surface area (Å²) >= 11 is 0. The van der Waals surface area contributed by atoms with Crippen LogP contribution in [-0.4, -0.2) is 62.2 Å². The topological polar surface area (TPSA) is 44.8 Å². The first-order chi connectivity index (χ1) is 12.1. The van der Waals surface area contributed by atoms with Crippen LogP contribution in [0.5, 0.6) is 5.75 Å². The molecule has 0 aromatic heterocycles. The average molecular weight is 348 g/mol. The minimum Gasteiger partial charge on any atom is -0.497 e. The van der Waals surface area contributed by atoms with Gasteiger partial charge in [-0.2, -0.15) is 0 Å². The molecular formula is C20H33N3O2. The molecule has 140 valence electrons. The third-order valence-electron chi connectivity index (χ3n) is 4.76. The molecule has 5 heteroatoms. The van der Waals surface area contributed by atoms with Gasteiger partial charge in [0, 0.05) is 32.7 Å². The smallest absolute Gasteiger partial charge is 0.317 e. The van der Waals surface area contributed by atoms with Crippen molar-refractivity contribution >= 4 is 6.03 Å². The van der Waals surface area contributed by atoms with Gasteiger partial charge < -0.3 is 15.0 Å². The van der Waals surface area contributed by atoms with Crippen molar-refractivity contribution in [2.24, 2.45) is 5.92 Å². The number of nitrogens with zero attached hydrogens (tertiary/aromatic N) is 2. The van der Waals surface area contributed by atoms with E-state index in [4.69, 9.17) is 4.74 Å². The lowest BCUT2D eigenvalue weighted by Crippen LogP contribution is -2.52. The van der Waals surface area contributed by atoms with Gasteiger partial charge in [-0.1, -0.05) is 26.0 Å². The van der Waals surface area contributed by atoms with Gasteiger partial charge in [0.25, 0.3) is 0 Å². The number of hydrogen-bond acceptors (Lipinski definition) is 3. The molecule has 1 aliphatic rings. The van der Waals surface area contributed by atoms with Crippen molar-refractivity contribution in [2.75, 3.05) is 46.4 Å². The Hall–Kier alpha value is -1.75. The highest BCUT2D eigenvalue weighted by Crippen LogP contribution is 2.13. The Morgan fingerprint density at radius 1 is 1.16 bits per heavy atom. The Morgan fingerprint density at radius 3 is 2.44 bits per heavy atom. The molecule has 0 saturated carbocycles. The van der Waals surface area contributed by atoms with Gasteiger partial charge in [0.15, 0.2) is 0 Å². The first kappa shape index (κ1) is 19.6. The summed E-state index contributed by atoms with van der Waals surface area (Å²) in [5.41, 5.74) is 1.35. The minimum absolute atomic E-state index is 0.0959. The van der Waals surface area contributed by atoms with Gasteiger partial charge >= 0.3 is 6.03 Å². The number of rotatable bonds is 8. The van der Waals surface area contributed by atoms with E-state index in [1.807, 2.05) is 17.0 Å². The predicted octanol–water partition coefficient (Wildman–Crippen LogP) is 3.00. The molecule has 25 heavy (non-hydrogen) atoms. The van der Waals surface area contributed by atoms with Crippen LogP contribution in [0.1, 0.15) is 32.3 Å². The fraction of sp³-hybridized carbons (Fsp3) is 0.650. The normalized spacial score (nSPS) is 15.4. The maximum absolute atomic E-state index is 12.1. The van der Waals surface area contributed by atoms with E-state index in [1.165, 1.54) is 5.56 Å². The molecule has 1 heterocycles. The quantitative estimate of drug-likeness (QED) is 0.786. The lowest BCUT2D eigenvalue weighted by Gasteiger charge is -2.34. The van der Waals surface area contributed by atoms with Crippen LogP contribution in [0, 0.1) is 5.92 Å². The van der Waals surface area contributed by atoms with Crippen molar-refractivity contribution in [2.45, 2.75) is 33.1 Å². The molecule has 0 unspecified atom stereocenters. The lowest BCUT2D eigenvalue weighted by molar-refractivity contribution is 0.138. The van der Waals surface area contributed by atoms with Crippen LogP contribution >= 0.6 is 0 Å². The first-order valence-corrected chi connectivity index (χ1v) is 9.46. The molecule has 0 aliphatic carbocycles. The van der Waals surface area contributed by atoms with E-state index in [-0.39, 0.29) is 6.03 Å². The van der Waals surface area contributed by atoms with Crippen molar-refractivity contribution in [1.82, 2.24) is 15.1 Å². The molecule has 0 atom stereocenters. The number of aryl methyl sites for hydroxylation is 1. The number of urea groups is 1. The van der Waals surface area contributed by atoms with E-state index >= 15 is 0 Å². The summed E-state index contributed by atoms with van der Waals surface area (Å²) in [5.74, 6) is 1.54. The standard InChI is InChI=1S/C20H33N3O2/c1-17(2)10-11-21-20(24)23-15-13-22(14-16-23)12-4-5-18-6-8-19(25-3)9-7-18/h6-9,17H,4-5,10-16H2,1-3H3,(H,21,24). The van der Waals surface area contributed by atoms with Crippen LogP contribution in [-0.2, 0) is 6.42 Å². The van der Waals surface area contributed by atoms with Gasteiger partial charge in [-0.25, -0.2) is 4.79 Å². The van der Waals surface area contributed by atoms with E-state index in [1.54, 1.807) is 7.11 Å². The average Bonchev–Trinajstić information content (AvgIpc) is 2.62. The minimum atomic E-state index is 0.0959. The van der Waals surface area contributed by atoms with Crippen LogP contribution in [0.15, 0.2) is 24.3 Å². The van der Waals surface area contributed by atoms with Crippen LogP contribution in [0.3, 0.4) is 0 Å². The van der Waals surface area contributed by atoms with Crippen molar-refractivity contribution in [3.8, 4) is 5.75 Å². The van der Waals surface area contributed by atoms with Crippen molar-refractivity contribution < 1.29 is 9.53 Å². The summed E-state index contributed by atoms with van der Waals surface area (Å²) in [7, 11) is 1.69. The van der Waals surface area contributed by atoms with Gasteiger partial charge in [-0.3, -0.25) is 4.90 Å². The summed E-state index contributed by atoms with van der Waals surface area (Å²) in [6.07, 6.45) is 3.27. The summed E-state index contributed by atoms with van der Waals surface area (Å²) in [5, 5.41) is 3.03. The van der Waals surface area contributed by atoms with E-state index in [0.29, 0.717) is 5.92 Å². The molecule has 5 nitrogen and oxygen atoms in total. The molecule has 1 aliphatic heterocycles. The fourth-order valence-corrected chi connectivity index (χ4v) is 3.05. The van der Waals surface area contributed by atoms with Gasteiger partial charge in [-0.05, 0) is 49.4 Å².